The van der Waals surface area contributed by atoms with Crippen LogP contribution < -0.4 is 5.14 Å². The van der Waals surface area contributed by atoms with Crippen LogP contribution >= 0.6 is 31.9 Å². The Labute approximate surface area is 140 Å². The minimum absolute atomic E-state index is 0.218. The van der Waals surface area contributed by atoms with Crippen molar-refractivity contribution in [1.29, 1.82) is 0 Å². The van der Waals surface area contributed by atoms with Gasteiger partial charge in [-0.25, -0.2) is 13.6 Å². The molecule has 0 saturated carbocycles. The average Bonchev–Trinajstić information content (AvgIpc) is 2.69. The van der Waals surface area contributed by atoms with Crippen LogP contribution in [-0.4, -0.2) is 23.2 Å². The van der Waals surface area contributed by atoms with Crippen molar-refractivity contribution in [3.63, 3.8) is 0 Å². The number of halogens is 2. The normalized spacial score (nSPS) is 12.1. The number of hydrogen-bond acceptors (Lipinski definition) is 4. The van der Waals surface area contributed by atoms with Gasteiger partial charge in [0.25, 0.3) is 15.2 Å². The molecule has 6 nitrogen and oxygen atoms in total. The molecule has 0 aliphatic rings. The van der Waals surface area contributed by atoms with Gasteiger partial charge in [0.15, 0.2) is 5.82 Å². The summed E-state index contributed by atoms with van der Waals surface area (Å²) in [5.74, 6) is 0.686. The van der Waals surface area contributed by atoms with Crippen LogP contribution in [0.25, 0.3) is 11.4 Å². The Morgan fingerprint density at radius 1 is 1.19 bits per heavy atom. The van der Waals surface area contributed by atoms with Crippen molar-refractivity contribution in [3.8, 4) is 11.4 Å². The monoisotopic (exact) mass is 436 g/mol. The van der Waals surface area contributed by atoms with Crippen molar-refractivity contribution in [2.75, 3.05) is 0 Å². The molecule has 0 aliphatic carbocycles. The molecule has 114 valence electrons. The van der Waals surface area contributed by atoms with Crippen LogP contribution in [0.4, 0.5) is 0 Å². The fraction of sp³-hybridized carbons (Fsp3) is 0.333. The number of nitrogens with two attached hydrogens (primary N) is 1. The van der Waals surface area contributed by atoms with Crippen LogP contribution in [-0.2, 0) is 16.6 Å². The Bertz CT molecular complexity index is 751. The molecule has 21 heavy (non-hydrogen) atoms. The Morgan fingerprint density at radius 3 is 2.24 bits per heavy atom. The van der Waals surface area contributed by atoms with E-state index in [4.69, 9.17) is 5.14 Å². The fourth-order valence-corrected chi connectivity index (χ4v) is 3.84. The molecule has 0 fully saturated rings. The maximum atomic E-state index is 11.6. The van der Waals surface area contributed by atoms with Gasteiger partial charge in [-0.1, -0.05) is 45.7 Å². The quantitative estimate of drug-likeness (QED) is 0.795. The fourth-order valence-electron chi connectivity index (χ4n) is 1.93. The molecular weight excluding hydrogens is 424 g/mol. The third kappa shape index (κ3) is 3.91. The van der Waals surface area contributed by atoms with Crippen molar-refractivity contribution >= 4 is 41.9 Å². The van der Waals surface area contributed by atoms with Gasteiger partial charge in [-0.2, -0.15) is 0 Å². The standard InChI is InChI=1S/C12H14Br2N4O2S/c1-7(2)6-18-11(16-17-12(18)21(15,19)20)8-3-9(13)5-10(14)4-8/h3-5,7H,6H2,1-2H3,(H2,15,19,20). The molecule has 0 unspecified atom stereocenters. The van der Waals surface area contributed by atoms with Crippen molar-refractivity contribution in [3.05, 3.63) is 27.1 Å². The van der Waals surface area contributed by atoms with E-state index >= 15 is 0 Å². The zero-order chi connectivity index (χ0) is 15.8. The second-order valence-corrected chi connectivity index (χ2v) is 8.30. The molecule has 2 aromatic rings. The molecule has 0 radical (unpaired) electrons. The van der Waals surface area contributed by atoms with Gasteiger partial charge in [0.2, 0.25) is 0 Å². The molecule has 2 N–H and O–H groups in total. The molecule has 1 aromatic carbocycles. The van der Waals surface area contributed by atoms with E-state index in [0.29, 0.717) is 12.4 Å². The number of primary sulfonamides is 1. The number of nitrogens with zero attached hydrogens (tertiary/aromatic N) is 3. The van der Waals surface area contributed by atoms with Crippen molar-refractivity contribution in [2.24, 2.45) is 11.1 Å². The molecule has 1 heterocycles. The first-order valence-electron chi connectivity index (χ1n) is 6.11. The van der Waals surface area contributed by atoms with E-state index < -0.39 is 10.0 Å². The lowest BCUT2D eigenvalue weighted by Gasteiger charge is -2.12. The summed E-state index contributed by atoms with van der Waals surface area (Å²) in [6.07, 6.45) is 0. The second-order valence-electron chi connectivity index (χ2n) is 5.01. The summed E-state index contributed by atoms with van der Waals surface area (Å²) < 4.78 is 26.5. The minimum atomic E-state index is -3.92. The number of rotatable bonds is 4. The summed E-state index contributed by atoms with van der Waals surface area (Å²) in [4.78, 5) is 0. The highest BCUT2D eigenvalue weighted by Gasteiger charge is 2.22. The van der Waals surface area contributed by atoms with E-state index in [2.05, 4.69) is 42.1 Å². The van der Waals surface area contributed by atoms with Gasteiger partial charge in [0.05, 0.1) is 0 Å². The average molecular weight is 438 g/mol. The number of aromatic nitrogens is 3. The molecule has 0 bridgehead atoms. The Hall–Kier alpha value is -0.770. The van der Waals surface area contributed by atoms with Crippen LogP contribution in [0.15, 0.2) is 32.3 Å². The highest BCUT2D eigenvalue weighted by atomic mass is 79.9. The first-order chi connectivity index (χ1) is 9.68. The van der Waals surface area contributed by atoms with Crippen LogP contribution in [0.3, 0.4) is 0 Å². The third-order valence-electron chi connectivity index (χ3n) is 2.64. The van der Waals surface area contributed by atoms with Gasteiger partial charge >= 0.3 is 0 Å². The maximum absolute atomic E-state index is 11.6. The van der Waals surface area contributed by atoms with Gasteiger partial charge < -0.3 is 0 Å². The van der Waals surface area contributed by atoms with Crippen LogP contribution in [0.2, 0.25) is 0 Å². The van der Waals surface area contributed by atoms with Gasteiger partial charge in [-0.3, -0.25) is 4.57 Å². The lowest BCUT2D eigenvalue weighted by atomic mass is 10.2. The summed E-state index contributed by atoms with van der Waals surface area (Å²) in [6.45, 7) is 4.42. The van der Waals surface area contributed by atoms with Gasteiger partial charge in [-0.15, -0.1) is 10.2 Å². The van der Waals surface area contributed by atoms with Crippen molar-refractivity contribution in [1.82, 2.24) is 14.8 Å². The van der Waals surface area contributed by atoms with E-state index in [-0.39, 0.29) is 11.1 Å². The molecule has 2 rings (SSSR count). The van der Waals surface area contributed by atoms with Gasteiger partial charge in [-0.05, 0) is 24.1 Å². The molecular formula is C12H14Br2N4O2S. The van der Waals surface area contributed by atoms with Gasteiger partial charge in [0.1, 0.15) is 0 Å². The summed E-state index contributed by atoms with van der Waals surface area (Å²) >= 11 is 6.80. The summed E-state index contributed by atoms with van der Waals surface area (Å²) in [6, 6.07) is 5.57. The Kier molecular flexibility index (Phi) is 4.86. The summed E-state index contributed by atoms with van der Waals surface area (Å²) in [5, 5.41) is 12.7. The zero-order valence-corrected chi connectivity index (χ0v) is 15.4. The van der Waals surface area contributed by atoms with Crippen LogP contribution in [0, 0.1) is 5.92 Å². The smallest absolute Gasteiger partial charge is 0.273 e. The largest absolute Gasteiger partial charge is 0.296 e. The van der Waals surface area contributed by atoms with E-state index in [0.717, 1.165) is 14.5 Å². The molecule has 0 saturated heterocycles. The van der Waals surface area contributed by atoms with E-state index in [1.54, 1.807) is 0 Å². The number of sulfonamides is 1. The number of benzene rings is 1. The van der Waals surface area contributed by atoms with Crippen molar-refractivity contribution in [2.45, 2.75) is 25.5 Å². The van der Waals surface area contributed by atoms with E-state index in [9.17, 15) is 8.42 Å². The third-order valence-corrected chi connectivity index (χ3v) is 4.37. The topological polar surface area (TPSA) is 90.9 Å². The highest BCUT2D eigenvalue weighted by Crippen LogP contribution is 2.28. The van der Waals surface area contributed by atoms with Crippen molar-refractivity contribution < 1.29 is 8.42 Å². The Morgan fingerprint density at radius 2 is 1.76 bits per heavy atom. The second kappa shape index (κ2) is 6.15. The molecule has 0 aliphatic heterocycles. The first kappa shape index (κ1) is 16.6. The number of hydrogen-bond donors (Lipinski definition) is 1. The highest BCUT2D eigenvalue weighted by molar-refractivity contribution is 9.11. The first-order valence-corrected chi connectivity index (χ1v) is 9.24. The van der Waals surface area contributed by atoms with E-state index in [1.807, 2.05) is 32.0 Å². The predicted molar refractivity (Wildman–Crippen MR) is 87.1 cm³/mol. The molecule has 0 spiro atoms. The lowest BCUT2D eigenvalue weighted by molar-refractivity contribution is 0.486. The van der Waals surface area contributed by atoms with Gasteiger partial charge in [0, 0.05) is 21.1 Å². The molecule has 0 amide bonds. The maximum Gasteiger partial charge on any atom is 0.273 e. The summed E-state index contributed by atoms with van der Waals surface area (Å²) in [5.41, 5.74) is 0.749. The predicted octanol–water partition coefficient (Wildman–Crippen LogP) is 2.77. The zero-order valence-electron chi connectivity index (χ0n) is 11.4. The molecule has 0 atom stereocenters. The SMILES string of the molecule is CC(C)Cn1c(-c2cc(Br)cc(Br)c2)nnc1S(N)(=O)=O. The summed E-state index contributed by atoms with van der Waals surface area (Å²) in [7, 11) is -3.92. The van der Waals surface area contributed by atoms with Crippen LogP contribution in [0.5, 0.6) is 0 Å². The van der Waals surface area contributed by atoms with Crippen LogP contribution in [0.1, 0.15) is 13.8 Å². The molecule has 9 heteroatoms. The molecule has 1 aromatic heterocycles. The lowest BCUT2D eigenvalue weighted by Crippen LogP contribution is -2.20. The minimum Gasteiger partial charge on any atom is -0.296 e. The Balaban J connectivity index is 2.66. The van der Waals surface area contributed by atoms with E-state index in [1.165, 1.54) is 4.57 Å².